The Morgan fingerprint density at radius 3 is 2.70 bits per heavy atom. The molecule has 3 aromatic rings. The van der Waals surface area contributed by atoms with Crippen molar-refractivity contribution in [2.75, 3.05) is 18.5 Å². The van der Waals surface area contributed by atoms with E-state index in [4.69, 9.17) is 4.74 Å². The van der Waals surface area contributed by atoms with Gasteiger partial charge in [-0.2, -0.15) is 0 Å². The number of nitrogens with one attached hydrogen (secondary N) is 2. The van der Waals surface area contributed by atoms with E-state index in [0.717, 1.165) is 22.2 Å². The van der Waals surface area contributed by atoms with Crippen molar-refractivity contribution in [2.24, 2.45) is 7.05 Å². The number of anilines is 1. The van der Waals surface area contributed by atoms with Gasteiger partial charge < -0.3 is 19.9 Å². The number of aromatic nitrogens is 1. The Morgan fingerprint density at radius 2 is 1.93 bits per heavy atom. The molecule has 2 N–H and O–H groups in total. The van der Waals surface area contributed by atoms with Crippen LogP contribution in [0, 0.1) is 5.82 Å². The van der Waals surface area contributed by atoms with Gasteiger partial charge in [0.25, 0.3) is 0 Å². The maximum absolute atomic E-state index is 13.8. The number of para-hydroxylation sites is 1. The van der Waals surface area contributed by atoms with Gasteiger partial charge in [-0.3, -0.25) is 0 Å². The first-order valence-electron chi connectivity index (χ1n) is 9.04. The van der Waals surface area contributed by atoms with E-state index in [1.165, 1.54) is 12.1 Å². The molecule has 140 valence electrons. The molecule has 2 amide bonds. The molecule has 4 rings (SSSR count). The number of nitrogens with zero attached hydrogens (tertiary/aromatic N) is 1. The largest absolute Gasteiger partial charge is 0.381 e. The maximum Gasteiger partial charge on any atom is 0.320 e. The Labute approximate surface area is 157 Å². The van der Waals surface area contributed by atoms with Crippen molar-refractivity contribution in [2.45, 2.75) is 18.4 Å². The zero-order valence-corrected chi connectivity index (χ0v) is 15.2. The average Bonchev–Trinajstić information content (AvgIpc) is 3.04. The fraction of sp³-hybridized carbons (Fsp3) is 0.286. The van der Waals surface area contributed by atoms with Gasteiger partial charge in [0, 0.05) is 31.8 Å². The Balaban J connectivity index is 1.61. The molecule has 0 spiro atoms. The number of hydrogen-bond acceptors (Lipinski definition) is 2. The molecule has 0 unspecified atom stereocenters. The summed E-state index contributed by atoms with van der Waals surface area (Å²) in [5.41, 5.74) is 1.81. The Hall–Kier alpha value is -2.86. The minimum atomic E-state index is -0.646. The molecule has 1 aliphatic rings. The van der Waals surface area contributed by atoms with E-state index >= 15 is 0 Å². The summed E-state index contributed by atoms with van der Waals surface area (Å²) in [5, 5.41) is 7.11. The lowest BCUT2D eigenvalue weighted by molar-refractivity contribution is 0.0417. The number of halogens is 1. The van der Waals surface area contributed by atoms with Gasteiger partial charge in [-0.1, -0.05) is 24.3 Å². The first kappa shape index (κ1) is 17.5. The molecule has 0 saturated carbocycles. The van der Waals surface area contributed by atoms with E-state index < -0.39 is 5.54 Å². The molecular weight excluding hydrogens is 345 g/mol. The highest BCUT2D eigenvalue weighted by molar-refractivity contribution is 6.00. The standard InChI is InChI=1S/C21H22FN3O2/c1-25-11-8-15-4-2-7-18(19(15)25)23-20(26)24-21(9-12-27-13-10-21)16-5-3-6-17(22)14-16/h2-8,11,14H,9-10,12-13H2,1H3,(H2,23,24,26). The van der Waals surface area contributed by atoms with Gasteiger partial charge in [-0.05, 0) is 42.7 Å². The summed E-state index contributed by atoms with van der Waals surface area (Å²) >= 11 is 0. The minimum Gasteiger partial charge on any atom is -0.381 e. The van der Waals surface area contributed by atoms with E-state index in [-0.39, 0.29) is 11.8 Å². The van der Waals surface area contributed by atoms with Gasteiger partial charge >= 0.3 is 6.03 Å². The number of fused-ring (bicyclic) bond motifs is 1. The normalized spacial score (nSPS) is 16.2. The molecule has 2 aromatic carbocycles. The minimum absolute atomic E-state index is 0.310. The van der Waals surface area contributed by atoms with Crippen molar-refractivity contribution in [3.05, 3.63) is 66.1 Å². The summed E-state index contributed by atoms with van der Waals surface area (Å²) in [6.45, 7) is 1.04. The van der Waals surface area contributed by atoms with Crippen LogP contribution in [0.3, 0.4) is 0 Å². The smallest absolute Gasteiger partial charge is 0.320 e. The Bertz CT molecular complexity index is 976. The van der Waals surface area contributed by atoms with Crippen LogP contribution in [-0.4, -0.2) is 23.8 Å². The number of hydrogen-bond donors (Lipinski definition) is 2. The SMILES string of the molecule is Cn1ccc2cccc(NC(=O)NC3(c4cccc(F)c4)CCOCC3)c21. The lowest BCUT2D eigenvalue weighted by atomic mass is 9.82. The Morgan fingerprint density at radius 1 is 1.15 bits per heavy atom. The predicted molar refractivity (Wildman–Crippen MR) is 103 cm³/mol. The van der Waals surface area contributed by atoms with Crippen LogP contribution < -0.4 is 10.6 Å². The molecule has 27 heavy (non-hydrogen) atoms. The second-order valence-electron chi connectivity index (χ2n) is 6.95. The molecule has 5 nitrogen and oxygen atoms in total. The molecule has 0 atom stereocenters. The monoisotopic (exact) mass is 367 g/mol. The van der Waals surface area contributed by atoms with Crippen molar-refractivity contribution in [3.8, 4) is 0 Å². The summed E-state index contributed by atoms with van der Waals surface area (Å²) in [5.74, 6) is -0.311. The lowest BCUT2D eigenvalue weighted by Crippen LogP contribution is -2.51. The van der Waals surface area contributed by atoms with Crippen molar-refractivity contribution in [3.63, 3.8) is 0 Å². The zero-order valence-electron chi connectivity index (χ0n) is 15.2. The number of carbonyl (C=O) groups excluding carboxylic acids is 1. The molecule has 0 aliphatic carbocycles. The number of urea groups is 1. The highest BCUT2D eigenvalue weighted by Gasteiger charge is 2.36. The summed E-state index contributed by atoms with van der Waals surface area (Å²) in [6.07, 6.45) is 3.15. The molecular formula is C21H22FN3O2. The zero-order chi connectivity index (χ0) is 18.9. The number of carbonyl (C=O) groups is 1. The molecule has 1 aromatic heterocycles. The third kappa shape index (κ3) is 3.40. The van der Waals surface area contributed by atoms with Crippen molar-refractivity contribution < 1.29 is 13.9 Å². The van der Waals surface area contributed by atoms with Crippen LogP contribution in [0.15, 0.2) is 54.7 Å². The molecule has 1 aliphatic heterocycles. The van der Waals surface area contributed by atoms with Crippen LogP contribution in [-0.2, 0) is 17.3 Å². The molecule has 0 radical (unpaired) electrons. The summed E-state index contributed by atoms with van der Waals surface area (Å²) in [6, 6.07) is 13.9. The van der Waals surface area contributed by atoms with Gasteiger partial charge in [0.2, 0.25) is 0 Å². The quantitative estimate of drug-likeness (QED) is 0.731. The third-order valence-electron chi connectivity index (χ3n) is 5.22. The number of ether oxygens (including phenoxy) is 1. The second kappa shape index (κ2) is 7.04. The molecule has 1 saturated heterocycles. The van der Waals surface area contributed by atoms with Crippen molar-refractivity contribution >= 4 is 22.6 Å². The van der Waals surface area contributed by atoms with E-state index in [2.05, 4.69) is 10.6 Å². The van der Waals surface area contributed by atoms with E-state index in [1.54, 1.807) is 6.07 Å². The fourth-order valence-corrected chi connectivity index (χ4v) is 3.82. The summed E-state index contributed by atoms with van der Waals surface area (Å²) < 4.78 is 21.2. The van der Waals surface area contributed by atoms with Crippen LogP contribution in [0.2, 0.25) is 0 Å². The van der Waals surface area contributed by atoms with E-state index in [9.17, 15) is 9.18 Å². The van der Waals surface area contributed by atoms with Crippen LogP contribution in [0.1, 0.15) is 18.4 Å². The average molecular weight is 367 g/mol. The van der Waals surface area contributed by atoms with Crippen LogP contribution in [0.5, 0.6) is 0 Å². The maximum atomic E-state index is 13.8. The van der Waals surface area contributed by atoms with Crippen molar-refractivity contribution in [1.82, 2.24) is 9.88 Å². The van der Waals surface area contributed by atoms with Gasteiger partial charge in [0.05, 0.1) is 16.7 Å². The molecule has 2 heterocycles. The molecule has 6 heteroatoms. The van der Waals surface area contributed by atoms with Crippen molar-refractivity contribution in [1.29, 1.82) is 0 Å². The number of benzene rings is 2. The molecule has 0 bridgehead atoms. The first-order chi connectivity index (χ1) is 13.1. The number of amides is 2. The topological polar surface area (TPSA) is 55.3 Å². The summed E-state index contributed by atoms with van der Waals surface area (Å²) in [7, 11) is 1.94. The van der Waals surface area contributed by atoms with Crippen LogP contribution in [0.25, 0.3) is 10.9 Å². The van der Waals surface area contributed by atoms with Crippen LogP contribution >= 0.6 is 0 Å². The van der Waals surface area contributed by atoms with Gasteiger partial charge in [-0.25, -0.2) is 9.18 Å². The highest BCUT2D eigenvalue weighted by atomic mass is 19.1. The Kier molecular flexibility index (Phi) is 4.58. The van der Waals surface area contributed by atoms with Gasteiger partial charge in [0.1, 0.15) is 5.82 Å². The van der Waals surface area contributed by atoms with E-state index in [1.807, 2.05) is 48.1 Å². The lowest BCUT2D eigenvalue weighted by Gasteiger charge is -2.38. The van der Waals surface area contributed by atoms with Gasteiger partial charge in [0.15, 0.2) is 0 Å². The second-order valence-corrected chi connectivity index (χ2v) is 6.95. The predicted octanol–water partition coefficient (Wildman–Crippen LogP) is 4.14. The first-order valence-corrected chi connectivity index (χ1v) is 9.04. The van der Waals surface area contributed by atoms with Crippen LogP contribution in [0.4, 0.5) is 14.9 Å². The fourth-order valence-electron chi connectivity index (χ4n) is 3.82. The number of rotatable bonds is 3. The third-order valence-corrected chi connectivity index (χ3v) is 5.22. The highest BCUT2D eigenvalue weighted by Crippen LogP contribution is 2.33. The van der Waals surface area contributed by atoms with E-state index in [0.29, 0.717) is 26.1 Å². The van der Waals surface area contributed by atoms with Gasteiger partial charge in [-0.15, -0.1) is 0 Å². The summed E-state index contributed by atoms with van der Waals surface area (Å²) in [4.78, 5) is 12.9. The number of aryl methyl sites for hydroxylation is 1. The molecule has 1 fully saturated rings.